The molecule has 0 aliphatic carbocycles. The summed E-state index contributed by atoms with van der Waals surface area (Å²) in [5.41, 5.74) is 0.631. The highest BCUT2D eigenvalue weighted by Gasteiger charge is 2.35. The van der Waals surface area contributed by atoms with E-state index >= 15 is 0 Å². The fourth-order valence-corrected chi connectivity index (χ4v) is 3.86. The van der Waals surface area contributed by atoms with E-state index in [1.165, 1.54) is 47.4 Å². The Labute approximate surface area is 191 Å². The van der Waals surface area contributed by atoms with Gasteiger partial charge in [0.15, 0.2) is 0 Å². The topological polar surface area (TPSA) is 78.5 Å². The fraction of sp³-hybridized carbons (Fsp3) is 0.286. The van der Waals surface area contributed by atoms with Gasteiger partial charge in [-0.05, 0) is 55.3 Å². The molecule has 170 valence electrons. The summed E-state index contributed by atoms with van der Waals surface area (Å²) in [7, 11) is 0. The Morgan fingerprint density at radius 1 is 1.00 bits per heavy atom. The van der Waals surface area contributed by atoms with Crippen molar-refractivity contribution in [2.45, 2.75) is 25.1 Å². The van der Waals surface area contributed by atoms with Crippen LogP contribution in [0.4, 0.5) is 18.9 Å². The number of hydrogen-bond acceptors (Lipinski definition) is 3. The Morgan fingerprint density at radius 3 is 2.22 bits per heavy atom. The summed E-state index contributed by atoms with van der Waals surface area (Å²) in [6.45, 7) is -1.05. The molecule has 1 fully saturated rings. The molecular weight excluding hydrogens is 470 g/mol. The summed E-state index contributed by atoms with van der Waals surface area (Å²) in [4.78, 5) is 38.9. The monoisotopic (exact) mass is 487 g/mol. The van der Waals surface area contributed by atoms with Crippen molar-refractivity contribution in [2.24, 2.45) is 0 Å². The quantitative estimate of drug-likeness (QED) is 0.650. The zero-order valence-electron chi connectivity index (χ0n) is 16.5. The molecule has 0 spiro atoms. The van der Waals surface area contributed by atoms with Crippen molar-refractivity contribution >= 4 is 46.6 Å². The Kier molecular flexibility index (Phi) is 7.30. The molecule has 3 rings (SSSR count). The standard InChI is InChI=1S/C21H18Cl2F3N3O3/c22-14-8-13(9-15(23)10-14)20(32)29-7-1-2-17(29)19(31)28-16-5-3-12(4-6-16)18(30)27-11-21(24,25)26/h3-6,8-10,17H,1-2,7,11H2,(H,27,30)(H,28,31). The van der Waals surface area contributed by atoms with Crippen molar-refractivity contribution in [1.29, 1.82) is 0 Å². The van der Waals surface area contributed by atoms with Crippen LogP contribution in [0.1, 0.15) is 33.6 Å². The van der Waals surface area contributed by atoms with Crippen LogP contribution in [0.2, 0.25) is 10.0 Å². The molecule has 1 heterocycles. The Balaban J connectivity index is 1.64. The van der Waals surface area contributed by atoms with E-state index in [1.807, 2.05) is 0 Å². The van der Waals surface area contributed by atoms with E-state index in [0.717, 1.165) is 0 Å². The van der Waals surface area contributed by atoms with Crippen LogP contribution in [-0.4, -0.2) is 47.9 Å². The van der Waals surface area contributed by atoms with Gasteiger partial charge >= 0.3 is 6.18 Å². The maximum atomic E-state index is 12.9. The number of nitrogens with one attached hydrogen (secondary N) is 2. The first-order valence-electron chi connectivity index (χ1n) is 9.56. The van der Waals surface area contributed by atoms with Gasteiger partial charge in [-0.3, -0.25) is 14.4 Å². The molecule has 0 aromatic heterocycles. The number of halogens is 5. The molecule has 0 radical (unpaired) electrons. The third kappa shape index (κ3) is 6.14. The number of anilines is 1. The van der Waals surface area contributed by atoms with Crippen LogP contribution in [0, 0.1) is 0 Å². The van der Waals surface area contributed by atoms with Gasteiger partial charge in [-0.1, -0.05) is 23.2 Å². The first-order chi connectivity index (χ1) is 15.0. The average Bonchev–Trinajstić information content (AvgIpc) is 3.21. The highest BCUT2D eigenvalue weighted by molar-refractivity contribution is 6.35. The van der Waals surface area contributed by atoms with Crippen molar-refractivity contribution in [3.63, 3.8) is 0 Å². The maximum absolute atomic E-state index is 12.9. The van der Waals surface area contributed by atoms with Crippen molar-refractivity contribution < 1.29 is 27.6 Å². The SMILES string of the molecule is O=C(NCC(F)(F)F)c1ccc(NC(=O)C2CCCN2C(=O)c2cc(Cl)cc(Cl)c2)cc1. The molecule has 1 aliphatic heterocycles. The molecule has 1 saturated heterocycles. The summed E-state index contributed by atoms with van der Waals surface area (Å²) in [6.07, 6.45) is -3.41. The summed E-state index contributed by atoms with van der Waals surface area (Å²) in [6, 6.07) is 9.14. The smallest absolute Gasteiger partial charge is 0.343 e. The van der Waals surface area contributed by atoms with Gasteiger partial charge in [0.2, 0.25) is 5.91 Å². The van der Waals surface area contributed by atoms with E-state index in [1.54, 1.807) is 5.32 Å². The third-order valence-electron chi connectivity index (χ3n) is 4.79. The van der Waals surface area contributed by atoms with Crippen LogP contribution in [0.15, 0.2) is 42.5 Å². The number of hydrogen-bond donors (Lipinski definition) is 2. The van der Waals surface area contributed by atoms with Gasteiger partial charge in [-0.25, -0.2) is 0 Å². The molecule has 2 aromatic rings. The highest BCUT2D eigenvalue weighted by Crippen LogP contribution is 2.25. The second kappa shape index (κ2) is 9.79. The number of benzene rings is 2. The van der Waals surface area contributed by atoms with Crippen LogP contribution in [0.5, 0.6) is 0 Å². The predicted molar refractivity (Wildman–Crippen MR) is 114 cm³/mol. The Morgan fingerprint density at radius 2 is 1.62 bits per heavy atom. The van der Waals surface area contributed by atoms with Gasteiger partial charge < -0.3 is 15.5 Å². The number of likely N-dealkylation sites (tertiary alicyclic amines) is 1. The van der Waals surface area contributed by atoms with E-state index in [-0.39, 0.29) is 17.0 Å². The van der Waals surface area contributed by atoms with E-state index < -0.39 is 30.6 Å². The minimum Gasteiger partial charge on any atom is -0.343 e. The lowest BCUT2D eigenvalue weighted by Gasteiger charge is -2.24. The van der Waals surface area contributed by atoms with Crippen molar-refractivity contribution in [2.75, 3.05) is 18.4 Å². The van der Waals surface area contributed by atoms with E-state index in [0.29, 0.717) is 35.1 Å². The molecule has 0 bridgehead atoms. The summed E-state index contributed by atoms with van der Waals surface area (Å²) >= 11 is 11.9. The summed E-state index contributed by atoms with van der Waals surface area (Å²) < 4.78 is 36.7. The minimum absolute atomic E-state index is 0.0164. The second-order valence-electron chi connectivity index (χ2n) is 7.18. The largest absolute Gasteiger partial charge is 0.405 e. The zero-order chi connectivity index (χ0) is 23.5. The highest BCUT2D eigenvalue weighted by atomic mass is 35.5. The number of nitrogens with zero attached hydrogens (tertiary/aromatic N) is 1. The van der Waals surface area contributed by atoms with E-state index in [9.17, 15) is 27.6 Å². The van der Waals surface area contributed by atoms with Crippen LogP contribution in [0.25, 0.3) is 0 Å². The molecule has 1 atom stereocenters. The minimum atomic E-state index is -4.51. The molecule has 2 N–H and O–H groups in total. The number of carbonyl (C=O) groups excluding carboxylic acids is 3. The van der Waals surface area contributed by atoms with Crippen molar-refractivity contribution in [3.05, 3.63) is 63.6 Å². The van der Waals surface area contributed by atoms with Crippen LogP contribution < -0.4 is 10.6 Å². The van der Waals surface area contributed by atoms with Crippen LogP contribution in [-0.2, 0) is 4.79 Å². The van der Waals surface area contributed by atoms with Crippen molar-refractivity contribution in [1.82, 2.24) is 10.2 Å². The van der Waals surface area contributed by atoms with Gasteiger partial charge in [-0.2, -0.15) is 13.2 Å². The first-order valence-corrected chi connectivity index (χ1v) is 10.3. The van der Waals surface area contributed by atoms with Crippen LogP contribution >= 0.6 is 23.2 Å². The summed E-state index contributed by atoms with van der Waals surface area (Å²) in [5, 5.41) is 5.05. The van der Waals surface area contributed by atoms with E-state index in [2.05, 4.69) is 5.32 Å². The third-order valence-corrected chi connectivity index (χ3v) is 5.23. The van der Waals surface area contributed by atoms with Gasteiger partial charge in [-0.15, -0.1) is 0 Å². The van der Waals surface area contributed by atoms with Gasteiger partial charge in [0, 0.05) is 33.4 Å². The molecule has 1 unspecified atom stereocenters. The Hall–Kier alpha value is -2.78. The molecule has 2 aromatic carbocycles. The molecule has 0 saturated carbocycles. The van der Waals surface area contributed by atoms with Crippen molar-refractivity contribution in [3.8, 4) is 0 Å². The van der Waals surface area contributed by atoms with Gasteiger partial charge in [0.1, 0.15) is 12.6 Å². The Bertz CT molecular complexity index is 1010. The lowest BCUT2D eigenvalue weighted by atomic mass is 10.1. The fourth-order valence-electron chi connectivity index (χ4n) is 3.34. The molecular formula is C21H18Cl2F3N3O3. The number of rotatable bonds is 5. The zero-order valence-corrected chi connectivity index (χ0v) is 18.0. The van der Waals surface area contributed by atoms with E-state index in [4.69, 9.17) is 23.2 Å². The maximum Gasteiger partial charge on any atom is 0.405 e. The predicted octanol–water partition coefficient (Wildman–Crippen LogP) is 4.53. The summed E-state index contributed by atoms with van der Waals surface area (Å²) in [5.74, 6) is -1.67. The lowest BCUT2D eigenvalue weighted by Crippen LogP contribution is -2.43. The molecule has 3 amide bonds. The molecule has 1 aliphatic rings. The first kappa shape index (κ1) is 23.9. The molecule has 32 heavy (non-hydrogen) atoms. The van der Waals surface area contributed by atoms with Gasteiger partial charge in [0.25, 0.3) is 11.8 Å². The molecule has 11 heteroatoms. The van der Waals surface area contributed by atoms with Gasteiger partial charge in [0.05, 0.1) is 0 Å². The number of alkyl halides is 3. The lowest BCUT2D eigenvalue weighted by molar-refractivity contribution is -0.123. The molecule has 6 nitrogen and oxygen atoms in total. The average molecular weight is 488 g/mol. The second-order valence-corrected chi connectivity index (χ2v) is 8.05. The van der Waals surface area contributed by atoms with Crippen LogP contribution in [0.3, 0.4) is 0 Å². The normalized spacial score (nSPS) is 16.0. The number of carbonyl (C=O) groups is 3. The number of amides is 3.